The molecule has 2 aliphatic carbocycles. The number of ketones is 1. The number of carbonyl (C=O) groups is 3. The van der Waals surface area contributed by atoms with Crippen LogP contribution >= 0.6 is 0 Å². The fraction of sp³-hybridized carbons (Fsp3) is 0.444. The molecule has 2 aromatic carbocycles. The van der Waals surface area contributed by atoms with Gasteiger partial charge in [-0.2, -0.15) is 0 Å². The number of carboxylic acids is 1. The molecule has 2 aliphatic rings. The molecule has 7 heteroatoms. The highest BCUT2D eigenvalue weighted by Crippen LogP contribution is 2.40. The van der Waals surface area contributed by atoms with E-state index in [1.54, 1.807) is 24.3 Å². The van der Waals surface area contributed by atoms with Gasteiger partial charge in [-0.05, 0) is 92.8 Å². The summed E-state index contributed by atoms with van der Waals surface area (Å²) in [6.45, 7) is 0.286. The zero-order valence-corrected chi connectivity index (χ0v) is 19.1. The molecule has 2 N–H and O–H groups in total. The zero-order chi connectivity index (χ0) is 24.1. The van der Waals surface area contributed by atoms with Crippen LogP contribution in [0.5, 0.6) is 5.75 Å². The van der Waals surface area contributed by atoms with Gasteiger partial charge in [-0.25, -0.2) is 4.39 Å². The molecule has 0 spiro atoms. The first-order valence-corrected chi connectivity index (χ1v) is 12.0. The molecule has 0 unspecified atom stereocenters. The van der Waals surface area contributed by atoms with E-state index in [1.165, 1.54) is 12.1 Å². The maximum Gasteiger partial charge on any atom is 0.306 e. The highest BCUT2D eigenvalue weighted by atomic mass is 19.1. The number of amides is 1. The van der Waals surface area contributed by atoms with Gasteiger partial charge < -0.3 is 15.2 Å². The van der Waals surface area contributed by atoms with Crippen LogP contribution in [-0.2, 0) is 4.79 Å². The van der Waals surface area contributed by atoms with Crippen molar-refractivity contribution in [1.82, 2.24) is 5.32 Å². The van der Waals surface area contributed by atoms with E-state index < -0.39 is 17.7 Å². The summed E-state index contributed by atoms with van der Waals surface area (Å²) in [7, 11) is 0. The average Bonchev–Trinajstić information content (AvgIpc) is 3.68. The molecule has 1 amide bonds. The number of hydrogen-bond donors (Lipinski definition) is 2. The zero-order valence-electron chi connectivity index (χ0n) is 19.1. The lowest BCUT2D eigenvalue weighted by atomic mass is 9.87. The number of carboxylic acid groups (broad SMARTS) is 1. The van der Waals surface area contributed by atoms with Crippen LogP contribution in [0.15, 0.2) is 42.5 Å². The molecule has 2 aromatic rings. The maximum absolute atomic E-state index is 14.2. The molecular formula is C27H30FNO5. The van der Waals surface area contributed by atoms with Crippen molar-refractivity contribution in [2.45, 2.75) is 63.4 Å². The summed E-state index contributed by atoms with van der Waals surface area (Å²) in [5.74, 6) is -0.939. The van der Waals surface area contributed by atoms with Gasteiger partial charge in [-0.3, -0.25) is 14.4 Å². The summed E-state index contributed by atoms with van der Waals surface area (Å²) in [5, 5.41) is 11.8. The SMILES string of the molecule is O=C(CCCNC(=O)c1ccc(C2CC2)cc1F)c1ccc(OC2CCC(C(=O)O)CC2)cc1. The van der Waals surface area contributed by atoms with Crippen LogP contribution in [-0.4, -0.2) is 35.4 Å². The minimum absolute atomic E-state index is 0.00416. The van der Waals surface area contributed by atoms with Gasteiger partial charge in [0.1, 0.15) is 11.6 Å². The monoisotopic (exact) mass is 467 g/mol. The van der Waals surface area contributed by atoms with Gasteiger partial charge in [-0.1, -0.05) is 6.07 Å². The maximum atomic E-state index is 14.2. The Balaban J connectivity index is 1.18. The summed E-state index contributed by atoms with van der Waals surface area (Å²) in [6.07, 6.45) is 5.51. The van der Waals surface area contributed by atoms with Gasteiger partial charge in [0, 0.05) is 18.5 Å². The Labute approximate surface area is 198 Å². The molecule has 6 nitrogen and oxygen atoms in total. The van der Waals surface area contributed by atoms with Crippen molar-refractivity contribution in [1.29, 1.82) is 0 Å². The fourth-order valence-corrected chi connectivity index (χ4v) is 4.42. The first kappa shape index (κ1) is 23.9. The van der Waals surface area contributed by atoms with Crippen LogP contribution < -0.4 is 10.1 Å². The van der Waals surface area contributed by atoms with E-state index >= 15 is 0 Å². The molecule has 0 aromatic heterocycles. The Morgan fingerprint density at radius 2 is 1.68 bits per heavy atom. The highest BCUT2D eigenvalue weighted by Gasteiger charge is 2.27. The normalized spacial score (nSPS) is 19.9. The molecule has 0 radical (unpaired) electrons. The van der Waals surface area contributed by atoms with Gasteiger partial charge in [-0.15, -0.1) is 0 Å². The molecule has 34 heavy (non-hydrogen) atoms. The van der Waals surface area contributed by atoms with Crippen LogP contribution in [0.4, 0.5) is 4.39 Å². The largest absolute Gasteiger partial charge is 0.490 e. The second-order valence-corrected chi connectivity index (χ2v) is 9.25. The van der Waals surface area contributed by atoms with E-state index in [-0.39, 0.29) is 36.3 Å². The number of halogens is 1. The standard InChI is InChI=1S/C27H30FNO5/c28-24-16-20(17-3-4-17)9-14-23(24)26(31)29-15-1-2-25(30)18-5-10-21(11-6-18)34-22-12-7-19(8-13-22)27(32)33/h5-6,9-11,14,16-17,19,22H,1-4,7-8,12-13,15H2,(H,29,31)(H,32,33). The first-order valence-electron chi connectivity index (χ1n) is 12.0. The smallest absolute Gasteiger partial charge is 0.306 e. The fourth-order valence-electron chi connectivity index (χ4n) is 4.42. The molecule has 0 saturated heterocycles. The molecule has 180 valence electrons. The minimum Gasteiger partial charge on any atom is -0.490 e. The molecule has 0 heterocycles. The van der Waals surface area contributed by atoms with E-state index in [1.807, 2.05) is 6.07 Å². The quantitative estimate of drug-likeness (QED) is 0.374. The van der Waals surface area contributed by atoms with E-state index in [0.717, 1.165) is 18.4 Å². The van der Waals surface area contributed by atoms with E-state index in [2.05, 4.69) is 5.32 Å². The molecule has 0 aliphatic heterocycles. The van der Waals surface area contributed by atoms with Gasteiger partial charge in [0.25, 0.3) is 5.91 Å². The van der Waals surface area contributed by atoms with Crippen molar-refractivity contribution in [3.63, 3.8) is 0 Å². The number of Topliss-reactive ketones (excluding diaryl/α,β-unsaturated/α-hetero) is 1. The minimum atomic E-state index is -0.740. The second kappa shape index (κ2) is 10.8. The Bertz CT molecular complexity index is 1040. The summed E-state index contributed by atoms with van der Waals surface area (Å²) in [6, 6.07) is 11.7. The van der Waals surface area contributed by atoms with Gasteiger partial charge in [0.2, 0.25) is 0 Å². The van der Waals surface area contributed by atoms with Crippen molar-refractivity contribution in [3.05, 3.63) is 65.0 Å². The molecular weight excluding hydrogens is 437 g/mol. The van der Waals surface area contributed by atoms with Crippen LogP contribution in [0.3, 0.4) is 0 Å². The number of benzene rings is 2. The number of nitrogens with one attached hydrogen (secondary N) is 1. The average molecular weight is 468 g/mol. The Hall–Kier alpha value is -3.22. The lowest BCUT2D eigenvalue weighted by molar-refractivity contribution is -0.143. The lowest BCUT2D eigenvalue weighted by Gasteiger charge is -2.26. The van der Waals surface area contributed by atoms with Crippen LogP contribution in [0.2, 0.25) is 0 Å². The van der Waals surface area contributed by atoms with Crippen molar-refractivity contribution >= 4 is 17.7 Å². The predicted octanol–water partition coefficient (Wildman–Crippen LogP) is 5.12. The first-order chi connectivity index (χ1) is 16.4. The van der Waals surface area contributed by atoms with Crippen molar-refractivity contribution < 1.29 is 28.6 Å². The summed E-state index contributed by atoms with van der Waals surface area (Å²) >= 11 is 0. The molecule has 2 fully saturated rings. The number of ether oxygens (including phenoxy) is 1. The molecule has 0 atom stereocenters. The van der Waals surface area contributed by atoms with Gasteiger partial charge >= 0.3 is 5.97 Å². The summed E-state index contributed by atoms with van der Waals surface area (Å²) in [4.78, 5) is 35.8. The highest BCUT2D eigenvalue weighted by molar-refractivity contribution is 5.96. The third kappa shape index (κ3) is 6.22. The number of rotatable bonds is 10. The van der Waals surface area contributed by atoms with Crippen molar-refractivity contribution in [2.75, 3.05) is 6.54 Å². The predicted molar refractivity (Wildman–Crippen MR) is 125 cm³/mol. The van der Waals surface area contributed by atoms with Crippen LogP contribution in [0, 0.1) is 11.7 Å². The second-order valence-electron chi connectivity index (χ2n) is 9.25. The van der Waals surface area contributed by atoms with E-state index in [9.17, 15) is 18.8 Å². The molecule has 0 bridgehead atoms. The Morgan fingerprint density at radius 1 is 0.971 bits per heavy atom. The third-order valence-electron chi connectivity index (χ3n) is 6.66. The van der Waals surface area contributed by atoms with Crippen molar-refractivity contribution in [3.8, 4) is 5.75 Å². The van der Waals surface area contributed by atoms with E-state index in [4.69, 9.17) is 9.84 Å². The molecule has 2 saturated carbocycles. The van der Waals surface area contributed by atoms with Crippen LogP contribution in [0.25, 0.3) is 0 Å². The molecule has 4 rings (SSSR count). The van der Waals surface area contributed by atoms with Gasteiger partial charge in [0.15, 0.2) is 5.78 Å². The van der Waals surface area contributed by atoms with Crippen LogP contribution in [0.1, 0.15) is 83.6 Å². The number of carbonyl (C=O) groups excluding carboxylic acids is 2. The lowest BCUT2D eigenvalue weighted by Crippen LogP contribution is -2.27. The number of aliphatic carboxylic acids is 1. The van der Waals surface area contributed by atoms with Crippen molar-refractivity contribution in [2.24, 2.45) is 5.92 Å². The summed E-state index contributed by atoms with van der Waals surface area (Å²) in [5.41, 5.74) is 1.54. The summed E-state index contributed by atoms with van der Waals surface area (Å²) < 4.78 is 20.2. The van der Waals surface area contributed by atoms with E-state index in [0.29, 0.717) is 49.3 Å². The Kier molecular flexibility index (Phi) is 7.60. The third-order valence-corrected chi connectivity index (χ3v) is 6.66. The van der Waals surface area contributed by atoms with Gasteiger partial charge in [0.05, 0.1) is 17.6 Å². The number of hydrogen-bond acceptors (Lipinski definition) is 4. The topological polar surface area (TPSA) is 92.7 Å². The Morgan fingerprint density at radius 3 is 2.29 bits per heavy atom.